The Morgan fingerprint density at radius 3 is 2.27 bits per heavy atom. The minimum absolute atomic E-state index is 0. The minimum atomic E-state index is -1.10. The predicted molar refractivity (Wildman–Crippen MR) is 139 cm³/mol. The highest BCUT2D eigenvalue weighted by Gasteiger charge is 2.38. The Morgan fingerprint density at radius 2 is 1.70 bits per heavy atom. The summed E-state index contributed by atoms with van der Waals surface area (Å²) in [5, 5.41) is 13.0. The summed E-state index contributed by atoms with van der Waals surface area (Å²) in [6.07, 6.45) is 1.19. The first kappa shape index (κ1) is 29.9. The molecule has 1 radical (unpaired) electrons. The van der Waals surface area contributed by atoms with Gasteiger partial charge in [-0.1, -0.05) is 30.3 Å². The van der Waals surface area contributed by atoms with Crippen LogP contribution in [0.15, 0.2) is 42.5 Å². The molecular weight excluding hydrogens is 500 g/mol. The lowest BCUT2D eigenvalue weighted by atomic mass is 9.92. The first-order chi connectivity index (χ1) is 17.3. The van der Waals surface area contributed by atoms with E-state index in [1.54, 1.807) is 26.0 Å². The molecule has 0 fully saturated rings. The number of esters is 1. The van der Waals surface area contributed by atoms with E-state index in [0.29, 0.717) is 24.3 Å². The summed E-state index contributed by atoms with van der Waals surface area (Å²) in [6, 6.07) is 10.7. The third-order valence-electron chi connectivity index (χ3n) is 6.36. The first-order valence-electron chi connectivity index (χ1n) is 12.0. The van der Waals surface area contributed by atoms with Crippen LogP contribution < -0.4 is 14.8 Å². The number of aryl methyl sites for hydroxylation is 1. The number of amides is 1. The van der Waals surface area contributed by atoms with Crippen molar-refractivity contribution in [2.24, 2.45) is 0 Å². The zero-order chi connectivity index (χ0) is 26.2. The second-order valence-electron chi connectivity index (χ2n) is 8.72. The molecule has 3 rings (SSSR count). The summed E-state index contributed by atoms with van der Waals surface area (Å²) in [5.74, 6) is -0.930. The van der Waals surface area contributed by atoms with E-state index in [0.717, 1.165) is 16.7 Å². The van der Waals surface area contributed by atoms with E-state index in [1.807, 2.05) is 30.3 Å². The average Bonchev–Trinajstić information content (AvgIpc) is 2.89. The van der Waals surface area contributed by atoms with Crippen molar-refractivity contribution in [1.29, 1.82) is 0 Å². The van der Waals surface area contributed by atoms with Crippen LogP contribution in [0.5, 0.6) is 11.5 Å². The van der Waals surface area contributed by atoms with E-state index in [1.165, 1.54) is 19.1 Å². The van der Waals surface area contributed by atoms with Crippen LogP contribution in [0.25, 0.3) is 0 Å². The number of aliphatic carboxylic acids is 1. The monoisotopic (exact) mass is 533 g/mol. The van der Waals surface area contributed by atoms with Crippen LogP contribution in [0.1, 0.15) is 37.0 Å². The summed E-state index contributed by atoms with van der Waals surface area (Å²) >= 11 is 0. The summed E-state index contributed by atoms with van der Waals surface area (Å²) in [6.45, 7) is 3.69. The number of halogens is 1. The van der Waals surface area contributed by atoms with Crippen LogP contribution >= 0.6 is 12.4 Å². The van der Waals surface area contributed by atoms with Gasteiger partial charge in [0.15, 0.2) is 11.5 Å². The molecule has 0 saturated carbocycles. The molecular formula is C27H34ClN2O7. The SMILES string of the molecule is CCOC(=O)[C@H](CCc1ccccc1)N[C@@H](C)C(=O)N1Cc2cc(OC)c(OC)cc2CC1C(=O)O.[Cl]. The van der Waals surface area contributed by atoms with Gasteiger partial charge in [-0.3, -0.25) is 14.9 Å². The van der Waals surface area contributed by atoms with E-state index in [-0.39, 0.29) is 32.0 Å². The van der Waals surface area contributed by atoms with Gasteiger partial charge in [0, 0.05) is 25.4 Å². The van der Waals surface area contributed by atoms with Crippen molar-refractivity contribution in [3.05, 3.63) is 59.2 Å². The summed E-state index contributed by atoms with van der Waals surface area (Å²) < 4.78 is 15.9. The van der Waals surface area contributed by atoms with Gasteiger partial charge in [-0.15, -0.1) is 0 Å². The largest absolute Gasteiger partial charge is 0.493 e. The number of nitrogens with zero attached hydrogens (tertiary/aromatic N) is 1. The van der Waals surface area contributed by atoms with Crippen molar-refractivity contribution in [3.8, 4) is 11.5 Å². The number of carbonyl (C=O) groups is 3. The Hall–Kier alpha value is -3.30. The molecule has 0 bridgehead atoms. The lowest BCUT2D eigenvalue weighted by molar-refractivity contribution is -0.153. The number of rotatable bonds is 11. The van der Waals surface area contributed by atoms with E-state index < -0.39 is 36.0 Å². The number of hydrogen-bond donors (Lipinski definition) is 2. The lowest BCUT2D eigenvalue weighted by Gasteiger charge is -2.37. The molecule has 10 heteroatoms. The topological polar surface area (TPSA) is 114 Å². The molecule has 201 valence electrons. The number of benzene rings is 2. The maximum atomic E-state index is 13.5. The molecule has 0 spiro atoms. The van der Waals surface area contributed by atoms with Crippen molar-refractivity contribution < 1.29 is 33.7 Å². The molecule has 2 aromatic rings. The highest BCUT2D eigenvalue weighted by atomic mass is 35.5. The fraction of sp³-hybridized carbons (Fsp3) is 0.444. The van der Waals surface area contributed by atoms with Crippen molar-refractivity contribution >= 4 is 30.3 Å². The lowest BCUT2D eigenvalue weighted by Crippen LogP contribution is -2.56. The summed E-state index contributed by atoms with van der Waals surface area (Å²) in [4.78, 5) is 39.6. The predicted octanol–water partition coefficient (Wildman–Crippen LogP) is 3.27. The van der Waals surface area contributed by atoms with Gasteiger partial charge in [-0.2, -0.15) is 0 Å². The van der Waals surface area contributed by atoms with Crippen molar-refractivity contribution in [3.63, 3.8) is 0 Å². The van der Waals surface area contributed by atoms with Gasteiger partial charge in [-0.05, 0) is 55.5 Å². The van der Waals surface area contributed by atoms with Crippen molar-refractivity contribution in [2.75, 3.05) is 20.8 Å². The van der Waals surface area contributed by atoms with E-state index in [2.05, 4.69) is 5.32 Å². The number of carbonyl (C=O) groups excluding carboxylic acids is 2. The van der Waals surface area contributed by atoms with Gasteiger partial charge in [0.1, 0.15) is 12.1 Å². The molecule has 37 heavy (non-hydrogen) atoms. The van der Waals surface area contributed by atoms with Crippen LogP contribution in [0.3, 0.4) is 0 Å². The number of fused-ring (bicyclic) bond motifs is 1. The fourth-order valence-corrected chi connectivity index (χ4v) is 4.45. The van der Waals surface area contributed by atoms with Crippen LogP contribution in [0.4, 0.5) is 0 Å². The minimum Gasteiger partial charge on any atom is -0.493 e. The molecule has 1 heterocycles. The summed E-state index contributed by atoms with van der Waals surface area (Å²) in [7, 11) is 3.04. The molecule has 1 aliphatic rings. The molecule has 0 aliphatic carbocycles. The van der Waals surface area contributed by atoms with E-state index >= 15 is 0 Å². The molecule has 0 saturated heterocycles. The molecule has 1 amide bonds. The summed E-state index contributed by atoms with van der Waals surface area (Å²) in [5.41, 5.74) is 2.64. The highest BCUT2D eigenvalue weighted by Crippen LogP contribution is 2.35. The standard InChI is InChI=1S/C27H34N2O7.Cl/c1-5-36-27(33)21(12-11-18-9-7-6-8-10-18)28-17(2)25(30)29-16-20-15-24(35-4)23(34-3)14-19(20)13-22(29)26(31)32;/h6-10,14-15,17,21-22,28H,5,11-13,16H2,1-4H3,(H,31,32);/t17-,21-,22?;/m0./s1. The normalized spacial score (nSPS) is 16.0. The van der Waals surface area contributed by atoms with Gasteiger partial charge < -0.3 is 24.2 Å². The Morgan fingerprint density at radius 1 is 1.08 bits per heavy atom. The number of methoxy groups -OCH3 is 2. The Kier molecular flexibility index (Phi) is 11.2. The van der Waals surface area contributed by atoms with Crippen LogP contribution in [0.2, 0.25) is 0 Å². The van der Waals surface area contributed by atoms with E-state index in [4.69, 9.17) is 14.2 Å². The number of hydrogen-bond acceptors (Lipinski definition) is 7. The zero-order valence-corrected chi connectivity index (χ0v) is 22.3. The van der Waals surface area contributed by atoms with Crippen LogP contribution in [-0.2, 0) is 38.5 Å². The maximum Gasteiger partial charge on any atom is 0.326 e. The zero-order valence-electron chi connectivity index (χ0n) is 21.5. The van der Waals surface area contributed by atoms with Gasteiger partial charge in [0.05, 0.1) is 26.9 Å². The second kappa shape index (κ2) is 13.9. The molecule has 1 unspecified atom stereocenters. The quantitative estimate of drug-likeness (QED) is 0.423. The van der Waals surface area contributed by atoms with Gasteiger partial charge in [0.2, 0.25) is 5.91 Å². The Balaban J connectivity index is 0.00000481. The van der Waals surface area contributed by atoms with Gasteiger partial charge in [-0.25, -0.2) is 4.79 Å². The number of nitrogens with one attached hydrogen (secondary N) is 1. The van der Waals surface area contributed by atoms with Gasteiger partial charge >= 0.3 is 11.9 Å². The number of carboxylic acid groups (broad SMARTS) is 1. The molecule has 3 atom stereocenters. The molecule has 2 aromatic carbocycles. The average molecular weight is 534 g/mol. The Labute approximate surface area is 223 Å². The van der Waals surface area contributed by atoms with Crippen molar-refractivity contribution in [1.82, 2.24) is 10.2 Å². The second-order valence-corrected chi connectivity index (χ2v) is 8.72. The first-order valence-corrected chi connectivity index (χ1v) is 12.0. The third kappa shape index (κ3) is 7.36. The molecule has 0 aromatic heterocycles. The Bertz CT molecular complexity index is 1080. The van der Waals surface area contributed by atoms with Crippen LogP contribution in [-0.4, -0.2) is 66.8 Å². The molecule has 1 aliphatic heterocycles. The number of carboxylic acids is 1. The molecule has 9 nitrogen and oxygen atoms in total. The smallest absolute Gasteiger partial charge is 0.326 e. The third-order valence-corrected chi connectivity index (χ3v) is 6.36. The van der Waals surface area contributed by atoms with Gasteiger partial charge in [0.25, 0.3) is 0 Å². The maximum absolute atomic E-state index is 13.5. The van der Waals surface area contributed by atoms with E-state index in [9.17, 15) is 19.5 Å². The van der Waals surface area contributed by atoms with Crippen molar-refractivity contribution in [2.45, 2.75) is 57.8 Å². The number of ether oxygens (including phenoxy) is 3. The van der Waals surface area contributed by atoms with Crippen LogP contribution in [0, 0.1) is 0 Å². The highest BCUT2D eigenvalue weighted by molar-refractivity contribution is 5.88. The molecule has 2 N–H and O–H groups in total. The fourth-order valence-electron chi connectivity index (χ4n) is 4.45.